The number of esters is 1. The van der Waals surface area contributed by atoms with E-state index in [1.807, 2.05) is 42.8 Å². The Hall–Kier alpha value is -2.03. The molecule has 100 valence electrons. The van der Waals surface area contributed by atoms with Crippen LogP contribution in [0.1, 0.15) is 34.1 Å². The highest BCUT2D eigenvalue weighted by atomic mass is 16.5. The molecular weight excluding hydrogens is 238 g/mol. The lowest BCUT2D eigenvalue weighted by Gasteiger charge is -2.11. The number of nitrogens with zero attached hydrogens (tertiary/aromatic N) is 1. The van der Waals surface area contributed by atoms with Crippen LogP contribution in [0.2, 0.25) is 0 Å². The highest BCUT2D eigenvalue weighted by Crippen LogP contribution is 2.16. The Balaban J connectivity index is 2.31. The predicted octanol–water partition coefficient (Wildman–Crippen LogP) is 3.33. The maximum atomic E-state index is 12.0. The topological polar surface area (TPSA) is 31.2 Å². The molecule has 1 aromatic heterocycles. The number of rotatable bonds is 4. The highest BCUT2D eigenvalue weighted by molar-refractivity contribution is 5.89. The van der Waals surface area contributed by atoms with Gasteiger partial charge < -0.3 is 9.30 Å². The van der Waals surface area contributed by atoms with E-state index in [0.29, 0.717) is 18.8 Å². The van der Waals surface area contributed by atoms with Crippen LogP contribution in [0.5, 0.6) is 0 Å². The van der Waals surface area contributed by atoms with Crippen LogP contribution in [0.4, 0.5) is 0 Å². The third-order valence-corrected chi connectivity index (χ3v) is 3.24. The van der Waals surface area contributed by atoms with Crippen LogP contribution >= 0.6 is 0 Å². The van der Waals surface area contributed by atoms with Gasteiger partial charge in [-0.05, 0) is 43.5 Å². The molecule has 0 saturated carbocycles. The first-order valence-corrected chi connectivity index (χ1v) is 6.50. The maximum Gasteiger partial charge on any atom is 0.355 e. The first kappa shape index (κ1) is 13.4. The summed E-state index contributed by atoms with van der Waals surface area (Å²) in [5.74, 6) is -0.251. The van der Waals surface area contributed by atoms with Crippen LogP contribution in [0.3, 0.4) is 0 Å². The first-order valence-electron chi connectivity index (χ1n) is 6.50. The second kappa shape index (κ2) is 5.74. The van der Waals surface area contributed by atoms with E-state index in [0.717, 1.165) is 5.56 Å². The summed E-state index contributed by atoms with van der Waals surface area (Å²) in [7, 11) is 0. The summed E-state index contributed by atoms with van der Waals surface area (Å²) in [6.45, 7) is 6.92. The molecule has 2 rings (SSSR count). The van der Waals surface area contributed by atoms with E-state index >= 15 is 0 Å². The van der Waals surface area contributed by atoms with Crippen LogP contribution in [0.25, 0.3) is 0 Å². The monoisotopic (exact) mass is 257 g/mol. The van der Waals surface area contributed by atoms with E-state index in [9.17, 15) is 4.79 Å². The second-order valence-corrected chi connectivity index (χ2v) is 4.62. The van der Waals surface area contributed by atoms with Gasteiger partial charge in [-0.1, -0.05) is 24.3 Å². The first-order chi connectivity index (χ1) is 9.13. The Bertz CT molecular complexity index is 584. The molecule has 1 aromatic carbocycles. The van der Waals surface area contributed by atoms with Crippen molar-refractivity contribution in [3.8, 4) is 0 Å². The molecule has 0 aliphatic carbocycles. The van der Waals surface area contributed by atoms with Gasteiger partial charge in [0.2, 0.25) is 0 Å². The average Bonchev–Trinajstić information content (AvgIpc) is 2.74. The lowest BCUT2D eigenvalue weighted by molar-refractivity contribution is 0.0513. The summed E-state index contributed by atoms with van der Waals surface area (Å²) < 4.78 is 7.07. The minimum atomic E-state index is -0.251. The summed E-state index contributed by atoms with van der Waals surface area (Å²) in [4.78, 5) is 12.0. The SMILES string of the molecule is CCOC(=O)c1c(C)ccn1Cc1ccccc1C. The molecule has 0 N–H and O–H groups in total. The second-order valence-electron chi connectivity index (χ2n) is 4.62. The third-order valence-electron chi connectivity index (χ3n) is 3.24. The molecule has 0 amide bonds. The number of aryl methyl sites for hydroxylation is 2. The van der Waals surface area contributed by atoms with Gasteiger partial charge in [-0.3, -0.25) is 0 Å². The zero-order valence-corrected chi connectivity index (χ0v) is 11.6. The van der Waals surface area contributed by atoms with Gasteiger partial charge in [-0.25, -0.2) is 4.79 Å². The molecule has 0 aliphatic rings. The highest BCUT2D eigenvalue weighted by Gasteiger charge is 2.16. The van der Waals surface area contributed by atoms with Crippen molar-refractivity contribution in [2.24, 2.45) is 0 Å². The number of ether oxygens (including phenoxy) is 1. The summed E-state index contributed by atoms with van der Waals surface area (Å²) in [6.07, 6.45) is 1.94. The fourth-order valence-electron chi connectivity index (χ4n) is 2.16. The predicted molar refractivity (Wildman–Crippen MR) is 75.4 cm³/mol. The standard InChI is InChI=1S/C16H19NO2/c1-4-19-16(18)15-13(3)9-10-17(15)11-14-8-6-5-7-12(14)2/h5-10H,4,11H2,1-3H3. The molecule has 2 aromatic rings. The number of carbonyl (C=O) groups excluding carboxylic acids is 1. The van der Waals surface area contributed by atoms with Crippen LogP contribution < -0.4 is 0 Å². The van der Waals surface area contributed by atoms with E-state index in [2.05, 4.69) is 19.1 Å². The number of hydrogen-bond donors (Lipinski definition) is 0. The molecule has 3 heteroatoms. The van der Waals surface area contributed by atoms with Crippen LogP contribution in [0.15, 0.2) is 36.5 Å². The minimum absolute atomic E-state index is 0.251. The summed E-state index contributed by atoms with van der Waals surface area (Å²) >= 11 is 0. The number of benzene rings is 1. The fraction of sp³-hybridized carbons (Fsp3) is 0.312. The molecule has 0 aliphatic heterocycles. The van der Waals surface area contributed by atoms with E-state index in [-0.39, 0.29) is 5.97 Å². The molecule has 0 unspecified atom stereocenters. The van der Waals surface area contributed by atoms with E-state index in [4.69, 9.17) is 4.74 Å². The lowest BCUT2D eigenvalue weighted by atomic mass is 10.1. The van der Waals surface area contributed by atoms with Crippen molar-refractivity contribution < 1.29 is 9.53 Å². The molecule has 3 nitrogen and oxygen atoms in total. The van der Waals surface area contributed by atoms with Gasteiger partial charge in [0.25, 0.3) is 0 Å². The Morgan fingerprint density at radius 2 is 1.89 bits per heavy atom. The van der Waals surface area contributed by atoms with Crippen molar-refractivity contribution in [3.05, 3.63) is 58.9 Å². The van der Waals surface area contributed by atoms with Crippen LogP contribution in [0, 0.1) is 13.8 Å². The van der Waals surface area contributed by atoms with E-state index in [1.165, 1.54) is 11.1 Å². The maximum absolute atomic E-state index is 12.0. The van der Waals surface area contributed by atoms with E-state index < -0.39 is 0 Å². The number of hydrogen-bond acceptors (Lipinski definition) is 2. The normalized spacial score (nSPS) is 10.5. The molecule has 0 bridgehead atoms. The van der Waals surface area contributed by atoms with Crippen molar-refractivity contribution in [1.82, 2.24) is 4.57 Å². The van der Waals surface area contributed by atoms with Gasteiger partial charge in [0.05, 0.1) is 6.61 Å². The van der Waals surface area contributed by atoms with Gasteiger partial charge in [-0.15, -0.1) is 0 Å². The third kappa shape index (κ3) is 2.87. The van der Waals surface area contributed by atoms with Crippen molar-refractivity contribution >= 4 is 5.97 Å². The Morgan fingerprint density at radius 3 is 2.58 bits per heavy atom. The number of carbonyl (C=O) groups is 1. The van der Waals surface area contributed by atoms with Gasteiger partial charge in [0, 0.05) is 12.7 Å². The van der Waals surface area contributed by atoms with Crippen molar-refractivity contribution in [2.45, 2.75) is 27.3 Å². The quantitative estimate of drug-likeness (QED) is 0.787. The summed E-state index contributed by atoms with van der Waals surface area (Å²) in [5, 5.41) is 0. The zero-order chi connectivity index (χ0) is 13.8. The average molecular weight is 257 g/mol. The van der Waals surface area contributed by atoms with Gasteiger partial charge in [-0.2, -0.15) is 0 Å². The Morgan fingerprint density at radius 1 is 1.16 bits per heavy atom. The molecule has 0 fully saturated rings. The van der Waals surface area contributed by atoms with Crippen molar-refractivity contribution in [3.63, 3.8) is 0 Å². The molecule has 1 heterocycles. The summed E-state index contributed by atoms with van der Waals surface area (Å²) in [5.41, 5.74) is 4.03. The molecular formula is C16H19NO2. The Kier molecular flexibility index (Phi) is 4.05. The zero-order valence-electron chi connectivity index (χ0n) is 11.6. The fourth-order valence-corrected chi connectivity index (χ4v) is 2.16. The van der Waals surface area contributed by atoms with Crippen LogP contribution in [-0.2, 0) is 11.3 Å². The smallest absolute Gasteiger partial charge is 0.355 e. The van der Waals surface area contributed by atoms with Gasteiger partial charge >= 0.3 is 5.97 Å². The van der Waals surface area contributed by atoms with Gasteiger partial charge in [0.1, 0.15) is 5.69 Å². The van der Waals surface area contributed by atoms with Crippen molar-refractivity contribution in [1.29, 1.82) is 0 Å². The van der Waals surface area contributed by atoms with Crippen molar-refractivity contribution in [2.75, 3.05) is 6.61 Å². The minimum Gasteiger partial charge on any atom is -0.461 e. The molecule has 0 radical (unpaired) electrons. The molecule has 0 saturated heterocycles. The van der Waals surface area contributed by atoms with E-state index in [1.54, 1.807) is 0 Å². The molecule has 19 heavy (non-hydrogen) atoms. The number of aromatic nitrogens is 1. The van der Waals surface area contributed by atoms with Gasteiger partial charge in [0.15, 0.2) is 0 Å². The largest absolute Gasteiger partial charge is 0.461 e. The van der Waals surface area contributed by atoms with Crippen LogP contribution in [-0.4, -0.2) is 17.1 Å². The molecule has 0 spiro atoms. The lowest BCUT2D eigenvalue weighted by Crippen LogP contribution is -2.14. The molecule has 0 atom stereocenters. The summed E-state index contributed by atoms with van der Waals surface area (Å²) in [6, 6.07) is 10.1. The Labute approximate surface area is 113 Å².